The van der Waals surface area contributed by atoms with E-state index in [4.69, 9.17) is 5.11 Å². The molecule has 0 radical (unpaired) electrons. The van der Waals surface area contributed by atoms with Gasteiger partial charge in [-0.1, -0.05) is 30.3 Å². The number of benzene rings is 2. The molecule has 140 valence electrons. The van der Waals surface area contributed by atoms with Crippen molar-refractivity contribution >= 4 is 29.1 Å². The minimum atomic E-state index is -0.592. The molecule has 1 aliphatic carbocycles. The number of rotatable bonds is 4. The maximum atomic E-state index is 13.1. The molecule has 2 aromatic rings. The molecule has 7 nitrogen and oxygen atoms in total. The van der Waals surface area contributed by atoms with Gasteiger partial charge in [-0.25, -0.2) is 0 Å². The monoisotopic (exact) mass is 376 g/mol. The highest BCUT2D eigenvalue weighted by Gasteiger charge is 2.35. The summed E-state index contributed by atoms with van der Waals surface area (Å²) in [6.07, 6.45) is 1.12. The van der Waals surface area contributed by atoms with Crippen molar-refractivity contribution in [3.63, 3.8) is 0 Å². The molecule has 1 heterocycles. The minimum Gasteiger partial charge on any atom is -0.395 e. The third-order valence-corrected chi connectivity index (χ3v) is 4.89. The maximum absolute atomic E-state index is 13.1. The SMILES string of the molecule is Cc1ccc2c(c1NC1=CC(=O)N(CCO)C1=O)C(=O)c1ccccc1C2=O. The van der Waals surface area contributed by atoms with Crippen LogP contribution in [-0.2, 0) is 9.59 Å². The smallest absolute Gasteiger partial charge is 0.277 e. The molecule has 2 amide bonds. The molecular formula is C21H16N2O5. The van der Waals surface area contributed by atoms with E-state index in [1.54, 1.807) is 43.3 Å². The molecule has 4 rings (SSSR count). The van der Waals surface area contributed by atoms with Crippen LogP contribution in [0.2, 0.25) is 0 Å². The van der Waals surface area contributed by atoms with Crippen molar-refractivity contribution in [2.75, 3.05) is 18.5 Å². The number of anilines is 1. The lowest BCUT2D eigenvalue weighted by Crippen LogP contribution is -2.34. The van der Waals surface area contributed by atoms with E-state index in [0.29, 0.717) is 22.4 Å². The van der Waals surface area contributed by atoms with Gasteiger partial charge in [-0.05, 0) is 18.6 Å². The number of amides is 2. The first-order chi connectivity index (χ1) is 13.4. The summed E-state index contributed by atoms with van der Waals surface area (Å²) in [4.78, 5) is 51.3. The van der Waals surface area contributed by atoms with Crippen LogP contribution in [0.25, 0.3) is 0 Å². The van der Waals surface area contributed by atoms with E-state index in [1.807, 2.05) is 0 Å². The normalized spacial score (nSPS) is 15.5. The topological polar surface area (TPSA) is 104 Å². The first kappa shape index (κ1) is 17.8. The largest absolute Gasteiger partial charge is 0.395 e. The molecule has 2 N–H and O–H groups in total. The summed E-state index contributed by atoms with van der Waals surface area (Å²) in [5.74, 6) is -1.72. The molecule has 2 aliphatic rings. The fraction of sp³-hybridized carbons (Fsp3) is 0.143. The summed E-state index contributed by atoms with van der Waals surface area (Å²) in [7, 11) is 0. The zero-order valence-corrected chi connectivity index (χ0v) is 15.0. The third-order valence-electron chi connectivity index (χ3n) is 4.89. The summed E-state index contributed by atoms with van der Waals surface area (Å²) in [5.41, 5.74) is 2.05. The van der Waals surface area contributed by atoms with Gasteiger partial charge in [0.05, 0.1) is 24.4 Å². The molecule has 0 atom stereocenters. The standard InChI is InChI=1S/C21H16N2O5/c1-11-6-7-14-17(20(27)13-5-3-2-4-12(13)19(14)26)18(11)22-15-10-16(25)23(8-9-24)21(15)28/h2-7,10,22,24H,8-9H2,1H3. The number of aliphatic hydroxyl groups excluding tert-OH is 1. The first-order valence-electron chi connectivity index (χ1n) is 8.71. The highest BCUT2D eigenvalue weighted by atomic mass is 16.3. The second-order valence-electron chi connectivity index (χ2n) is 6.59. The molecule has 7 heteroatoms. The predicted octanol–water partition coefficient (Wildman–Crippen LogP) is 1.43. The van der Waals surface area contributed by atoms with E-state index >= 15 is 0 Å². The first-order valence-corrected chi connectivity index (χ1v) is 8.71. The van der Waals surface area contributed by atoms with E-state index in [0.717, 1.165) is 11.0 Å². The Labute approximate surface area is 160 Å². The van der Waals surface area contributed by atoms with Crippen LogP contribution in [0.1, 0.15) is 37.4 Å². The molecule has 0 spiro atoms. The number of carbonyl (C=O) groups is 4. The summed E-state index contributed by atoms with van der Waals surface area (Å²) in [6, 6.07) is 9.88. The van der Waals surface area contributed by atoms with Gasteiger partial charge in [-0.2, -0.15) is 0 Å². The Hall–Kier alpha value is -3.58. The highest BCUT2D eigenvalue weighted by Crippen LogP contribution is 2.35. The number of imide groups is 1. The predicted molar refractivity (Wildman–Crippen MR) is 100.0 cm³/mol. The Bertz CT molecular complexity index is 1100. The Morgan fingerprint density at radius 1 is 0.929 bits per heavy atom. The van der Waals surface area contributed by atoms with Crippen LogP contribution >= 0.6 is 0 Å². The van der Waals surface area contributed by atoms with Gasteiger partial charge in [0.1, 0.15) is 5.70 Å². The third kappa shape index (κ3) is 2.56. The molecule has 2 aromatic carbocycles. The zero-order chi connectivity index (χ0) is 20.0. The summed E-state index contributed by atoms with van der Waals surface area (Å²) in [5, 5.41) is 11.9. The van der Waals surface area contributed by atoms with Crippen molar-refractivity contribution in [3.8, 4) is 0 Å². The number of ketones is 2. The molecular weight excluding hydrogens is 360 g/mol. The van der Waals surface area contributed by atoms with Crippen molar-refractivity contribution in [1.82, 2.24) is 4.90 Å². The van der Waals surface area contributed by atoms with Gasteiger partial charge < -0.3 is 10.4 Å². The average molecular weight is 376 g/mol. The van der Waals surface area contributed by atoms with Crippen molar-refractivity contribution < 1.29 is 24.3 Å². The van der Waals surface area contributed by atoms with Crippen LogP contribution in [0, 0.1) is 6.92 Å². The van der Waals surface area contributed by atoms with Crippen molar-refractivity contribution in [2.45, 2.75) is 6.92 Å². The number of nitrogens with one attached hydrogen (secondary N) is 1. The van der Waals surface area contributed by atoms with E-state index in [2.05, 4.69) is 5.32 Å². The fourth-order valence-electron chi connectivity index (χ4n) is 3.50. The van der Waals surface area contributed by atoms with Gasteiger partial charge in [0.2, 0.25) is 0 Å². The van der Waals surface area contributed by atoms with E-state index in [-0.39, 0.29) is 41.5 Å². The molecule has 0 unspecified atom stereocenters. The van der Waals surface area contributed by atoms with E-state index < -0.39 is 11.8 Å². The lowest BCUT2D eigenvalue weighted by Gasteiger charge is -2.22. The maximum Gasteiger partial charge on any atom is 0.277 e. The van der Waals surface area contributed by atoms with Crippen LogP contribution in [-0.4, -0.2) is 46.5 Å². The quantitative estimate of drug-likeness (QED) is 0.668. The van der Waals surface area contributed by atoms with Crippen LogP contribution < -0.4 is 5.32 Å². The number of fused-ring (bicyclic) bond motifs is 2. The van der Waals surface area contributed by atoms with Crippen LogP contribution in [0.4, 0.5) is 5.69 Å². The molecule has 1 aliphatic heterocycles. The number of carbonyl (C=O) groups excluding carboxylic acids is 4. The molecule has 0 fully saturated rings. The van der Waals surface area contributed by atoms with E-state index in [1.165, 1.54) is 0 Å². The number of aryl methyl sites for hydroxylation is 1. The van der Waals surface area contributed by atoms with E-state index in [9.17, 15) is 19.2 Å². The van der Waals surface area contributed by atoms with Gasteiger partial charge in [-0.15, -0.1) is 0 Å². The van der Waals surface area contributed by atoms with Crippen molar-refractivity contribution in [3.05, 3.63) is 76.0 Å². The lowest BCUT2D eigenvalue weighted by molar-refractivity contribution is -0.137. The summed E-state index contributed by atoms with van der Waals surface area (Å²) >= 11 is 0. The highest BCUT2D eigenvalue weighted by molar-refractivity contribution is 6.30. The fourth-order valence-corrected chi connectivity index (χ4v) is 3.50. The number of aliphatic hydroxyl groups is 1. The minimum absolute atomic E-state index is 0.00550. The summed E-state index contributed by atoms with van der Waals surface area (Å²) in [6.45, 7) is 1.28. The number of nitrogens with zero attached hydrogens (tertiary/aromatic N) is 1. The number of hydrogen-bond acceptors (Lipinski definition) is 6. The number of β-amino-alcohol motifs (C(OH)–C–C–N with tert-alkyl or cyclic N) is 1. The zero-order valence-electron chi connectivity index (χ0n) is 15.0. The van der Waals surface area contributed by atoms with Crippen LogP contribution in [0.5, 0.6) is 0 Å². The van der Waals surface area contributed by atoms with Gasteiger partial charge in [0, 0.05) is 22.8 Å². The molecule has 0 saturated heterocycles. The van der Waals surface area contributed by atoms with Gasteiger partial charge >= 0.3 is 0 Å². The average Bonchev–Trinajstić information content (AvgIpc) is 2.95. The number of hydrogen-bond donors (Lipinski definition) is 2. The van der Waals surface area contributed by atoms with Crippen LogP contribution in [0.15, 0.2) is 48.2 Å². The Morgan fingerprint density at radius 3 is 2.29 bits per heavy atom. The Morgan fingerprint density at radius 2 is 1.61 bits per heavy atom. The van der Waals surface area contributed by atoms with Gasteiger partial charge in [0.15, 0.2) is 11.6 Å². The molecule has 0 aromatic heterocycles. The van der Waals surface area contributed by atoms with Crippen molar-refractivity contribution in [2.24, 2.45) is 0 Å². The Balaban J connectivity index is 1.80. The molecule has 0 bridgehead atoms. The van der Waals surface area contributed by atoms with Crippen LogP contribution in [0.3, 0.4) is 0 Å². The lowest BCUT2D eigenvalue weighted by atomic mass is 9.82. The van der Waals surface area contributed by atoms with Gasteiger partial charge in [-0.3, -0.25) is 24.1 Å². The summed E-state index contributed by atoms with van der Waals surface area (Å²) < 4.78 is 0. The van der Waals surface area contributed by atoms with Gasteiger partial charge in [0.25, 0.3) is 11.8 Å². The second kappa shape index (κ2) is 6.54. The second-order valence-corrected chi connectivity index (χ2v) is 6.59. The molecule has 0 saturated carbocycles. The van der Waals surface area contributed by atoms with Crippen molar-refractivity contribution in [1.29, 1.82) is 0 Å². The Kier molecular flexibility index (Phi) is 4.16. The molecule has 28 heavy (non-hydrogen) atoms.